The molecule has 0 aliphatic carbocycles. The summed E-state index contributed by atoms with van der Waals surface area (Å²) in [4.78, 5) is 37.3. The molecule has 2 aromatic heterocycles. The number of carbonyl (C=O) groups excluding carboxylic acids is 1. The summed E-state index contributed by atoms with van der Waals surface area (Å²) in [7, 11) is 2.93. The number of nitrogens with zero attached hydrogens (tertiary/aromatic N) is 5. The van der Waals surface area contributed by atoms with Gasteiger partial charge in [-0.15, -0.1) is 0 Å². The fraction of sp³-hybridized carbons (Fsp3) is 0.233. The van der Waals surface area contributed by atoms with Crippen LogP contribution in [0, 0.1) is 18.3 Å². The molecule has 1 N–H and O–H groups in total. The zero-order valence-corrected chi connectivity index (χ0v) is 22.3. The molecule has 0 saturated carbocycles. The third kappa shape index (κ3) is 4.62. The maximum absolute atomic E-state index is 13.8. The number of hydrogen-bond acceptors (Lipinski definition) is 8. The molecule has 5 rings (SSSR count). The number of benzene rings is 2. The highest BCUT2D eigenvalue weighted by molar-refractivity contribution is 5.96. The van der Waals surface area contributed by atoms with Crippen LogP contribution in [-0.2, 0) is 0 Å². The minimum Gasteiger partial charge on any atom is -0.494 e. The Balaban J connectivity index is 1.66. The normalized spacial score (nSPS) is 14.6. The van der Waals surface area contributed by atoms with Gasteiger partial charge in [0, 0.05) is 25.2 Å². The van der Waals surface area contributed by atoms with Crippen molar-refractivity contribution in [3.05, 3.63) is 93.4 Å². The number of methoxy groups -OCH3 is 2. The molecule has 10 heteroatoms. The van der Waals surface area contributed by atoms with Crippen LogP contribution in [0.1, 0.15) is 39.4 Å². The van der Waals surface area contributed by atoms with Crippen molar-refractivity contribution in [1.29, 1.82) is 5.26 Å². The summed E-state index contributed by atoms with van der Waals surface area (Å²) in [5.41, 5.74) is 1.47. The van der Waals surface area contributed by atoms with E-state index in [2.05, 4.69) is 16.0 Å². The first-order valence-electron chi connectivity index (χ1n) is 12.7. The maximum Gasteiger partial charge on any atom is 0.290 e. The number of ether oxygens (including phenoxy) is 2. The standard InChI is InChI=1S/C30H27N5O5/c1-18-11-13-32-22(15-18)27-33-28(36)25(30(38)35(27)26-23(39-2)9-6-10-24(26)40-3)29(37)34-14-12-20(17-34)21-8-5-4-7-19(21)16-31/h4-11,13,15,20,38H,12,14,17H2,1-3H3. The van der Waals surface area contributed by atoms with Crippen molar-refractivity contribution < 1.29 is 19.4 Å². The van der Waals surface area contributed by atoms with E-state index in [-0.39, 0.29) is 24.0 Å². The van der Waals surface area contributed by atoms with Gasteiger partial charge in [-0.1, -0.05) is 24.3 Å². The zero-order chi connectivity index (χ0) is 28.4. The molecular weight excluding hydrogens is 510 g/mol. The SMILES string of the molecule is COc1cccc(OC)c1-n1c(-c2cc(C)ccn2)nc(=O)c(C(=O)N2CCC(c3ccccc3C#N)C2)c1O. The molecule has 1 amide bonds. The molecule has 1 saturated heterocycles. The zero-order valence-electron chi connectivity index (χ0n) is 22.3. The first-order chi connectivity index (χ1) is 19.4. The Morgan fingerprint density at radius 3 is 2.50 bits per heavy atom. The highest BCUT2D eigenvalue weighted by atomic mass is 16.5. The summed E-state index contributed by atoms with van der Waals surface area (Å²) in [5.74, 6) is -0.677. The fourth-order valence-corrected chi connectivity index (χ4v) is 5.10. The Labute approximate surface area is 230 Å². The Bertz CT molecular complexity index is 1690. The van der Waals surface area contributed by atoms with E-state index in [1.165, 1.54) is 23.7 Å². The number of aromatic hydroxyl groups is 1. The number of rotatable bonds is 6. The average molecular weight is 538 g/mol. The molecule has 1 fully saturated rings. The van der Waals surface area contributed by atoms with Crippen molar-refractivity contribution in [3.8, 4) is 40.7 Å². The van der Waals surface area contributed by atoms with Gasteiger partial charge in [-0.2, -0.15) is 10.2 Å². The number of amides is 1. The summed E-state index contributed by atoms with van der Waals surface area (Å²) in [6.07, 6.45) is 2.18. The second kappa shape index (κ2) is 10.9. The van der Waals surface area contributed by atoms with E-state index < -0.39 is 22.9 Å². The van der Waals surface area contributed by atoms with Crippen molar-refractivity contribution in [2.75, 3.05) is 27.3 Å². The molecule has 1 aliphatic rings. The highest BCUT2D eigenvalue weighted by Crippen LogP contribution is 2.39. The number of aryl methyl sites for hydroxylation is 1. The quantitative estimate of drug-likeness (QED) is 0.393. The van der Waals surface area contributed by atoms with E-state index in [1.807, 2.05) is 19.1 Å². The third-order valence-electron chi connectivity index (χ3n) is 7.05. The monoisotopic (exact) mass is 537 g/mol. The topological polar surface area (TPSA) is 131 Å². The maximum atomic E-state index is 13.8. The molecule has 4 aromatic rings. The summed E-state index contributed by atoms with van der Waals surface area (Å²) >= 11 is 0. The molecule has 1 atom stereocenters. The van der Waals surface area contributed by atoms with E-state index in [9.17, 15) is 20.0 Å². The summed E-state index contributed by atoms with van der Waals surface area (Å²) < 4.78 is 12.4. The average Bonchev–Trinajstić information content (AvgIpc) is 3.47. The first kappa shape index (κ1) is 26.4. The second-order valence-electron chi connectivity index (χ2n) is 9.44. The van der Waals surface area contributed by atoms with Crippen LogP contribution >= 0.6 is 0 Å². The lowest BCUT2D eigenvalue weighted by atomic mass is 9.94. The molecule has 0 radical (unpaired) electrons. The minimum absolute atomic E-state index is 0.0211. The van der Waals surface area contributed by atoms with Crippen LogP contribution in [0.4, 0.5) is 0 Å². The Kier molecular flexibility index (Phi) is 7.21. The number of likely N-dealkylation sites (tertiary alicyclic amines) is 1. The number of carbonyl (C=O) groups is 1. The van der Waals surface area contributed by atoms with Gasteiger partial charge in [0.25, 0.3) is 11.5 Å². The van der Waals surface area contributed by atoms with E-state index in [0.29, 0.717) is 35.7 Å². The number of para-hydroxylation sites is 1. The van der Waals surface area contributed by atoms with Gasteiger partial charge in [0.05, 0.1) is 25.9 Å². The van der Waals surface area contributed by atoms with E-state index in [4.69, 9.17) is 9.47 Å². The molecule has 1 unspecified atom stereocenters. The van der Waals surface area contributed by atoms with Gasteiger partial charge in [0.15, 0.2) is 11.4 Å². The van der Waals surface area contributed by atoms with Gasteiger partial charge >= 0.3 is 0 Å². The fourth-order valence-electron chi connectivity index (χ4n) is 5.10. The number of hydrogen-bond donors (Lipinski definition) is 1. The van der Waals surface area contributed by atoms with Crippen molar-refractivity contribution >= 4 is 5.91 Å². The van der Waals surface area contributed by atoms with Gasteiger partial charge in [0.1, 0.15) is 22.9 Å². The van der Waals surface area contributed by atoms with Gasteiger partial charge in [-0.05, 0) is 54.8 Å². The molecule has 40 heavy (non-hydrogen) atoms. The molecule has 3 heterocycles. The predicted octanol–water partition coefficient (Wildman–Crippen LogP) is 3.83. The predicted molar refractivity (Wildman–Crippen MR) is 147 cm³/mol. The van der Waals surface area contributed by atoms with E-state index in [1.54, 1.807) is 48.7 Å². The third-order valence-corrected chi connectivity index (χ3v) is 7.05. The molecule has 0 spiro atoms. The van der Waals surface area contributed by atoms with Crippen LogP contribution < -0.4 is 15.0 Å². The largest absolute Gasteiger partial charge is 0.494 e. The first-order valence-corrected chi connectivity index (χ1v) is 12.7. The van der Waals surface area contributed by atoms with Gasteiger partial charge < -0.3 is 19.5 Å². The number of aromatic nitrogens is 3. The second-order valence-corrected chi connectivity index (χ2v) is 9.44. The van der Waals surface area contributed by atoms with Crippen LogP contribution in [-0.4, -0.2) is 57.8 Å². The smallest absolute Gasteiger partial charge is 0.290 e. The number of pyridine rings is 1. The van der Waals surface area contributed by atoms with Gasteiger partial charge in [-0.3, -0.25) is 19.1 Å². The van der Waals surface area contributed by atoms with Gasteiger partial charge in [-0.25, -0.2) is 0 Å². The van der Waals surface area contributed by atoms with E-state index in [0.717, 1.165) is 11.1 Å². The molecule has 10 nitrogen and oxygen atoms in total. The lowest BCUT2D eigenvalue weighted by Gasteiger charge is -2.22. The molecule has 0 bridgehead atoms. The van der Waals surface area contributed by atoms with Gasteiger partial charge in [0.2, 0.25) is 5.88 Å². The van der Waals surface area contributed by atoms with Crippen LogP contribution in [0.15, 0.2) is 65.6 Å². The highest BCUT2D eigenvalue weighted by Gasteiger charge is 2.34. The minimum atomic E-state index is -0.883. The van der Waals surface area contributed by atoms with Crippen molar-refractivity contribution in [2.45, 2.75) is 19.3 Å². The van der Waals surface area contributed by atoms with Crippen molar-refractivity contribution in [3.63, 3.8) is 0 Å². The molecular formula is C30H27N5O5. The molecule has 202 valence electrons. The lowest BCUT2D eigenvalue weighted by Crippen LogP contribution is -2.34. The van der Waals surface area contributed by atoms with Crippen molar-refractivity contribution in [1.82, 2.24) is 19.4 Å². The Morgan fingerprint density at radius 1 is 1.10 bits per heavy atom. The van der Waals surface area contributed by atoms with E-state index >= 15 is 0 Å². The summed E-state index contributed by atoms with van der Waals surface area (Å²) in [5, 5.41) is 21.2. The Hall–Kier alpha value is -5.17. The lowest BCUT2D eigenvalue weighted by molar-refractivity contribution is 0.0784. The van der Waals surface area contributed by atoms with Crippen LogP contribution in [0.5, 0.6) is 17.4 Å². The Morgan fingerprint density at radius 2 is 1.82 bits per heavy atom. The number of nitriles is 1. The van der Waals surface area contributed by atoms with Crippen molar-refractivity contribution in [2.24, 2.45) is 0 Å². The summed E-state index contributed by atoms with van der Waals surface area (Å²) in [6.45, 7) is 2.50. The van der Waals surface area contributed by atoms with Crippen LogP contribution in [0.25, 0.3) is 17.2 Å². The van der Waals surface area contributed by atoms with Crippen LogP contribution in [0.2, 0.25) is 0 Å². The molecule has 2 aromatic carbocycles. The molecule has 1 aliphatic heterocycles. The summed E-state index contributed by atoms with van der Waals surface area (Å²) in [6, 6.07) is 18.0. The van der Waals surface area contributed by atoms with Crippen LogP contribution in [0.3, 0.4) is 0 Å².